The summed E-state index contributed by atoms with van der Waals surface area (Å²) in [5, 5.41) is 0. The van der Waals surface area contributed by atoms with E-state index in [1.165, 1.54) is 19.3 Å². The van der Waals surface area contributed by atoms with Gasteiger partial charge in [-0.05, 0) is 19.8 Å². The monoisotopic (exact) mass is 246 g/mol. The zero-order valence-electron chi connectivity index (χ0n) is 11.2. The number of unbranched alkanes of at least 4 members (excludes halogenated alkanes) is 6. The van der Waals surface area contributed by atoms with Gasteiger partial charge in [-0.3, -0.25) is 0 Å². The van der Waals surface area contributed by atoms with Crippen molar-refractivity contribution in [3.8, 4) is 0 Å². The van der Waals surface area contributed by atoms with E-state index in [4.69, 9.17) is 14.2 Å². The molecule has 0 saturated heterocycles. The largest absolute Gasteiger partial charge is 0.356 e. The molecule has 0 aromatic rings. The minimum Gasteiger partial charge on any atom is -0.356 e. The van der Waals surface area contributed by atoms with Crippen LogP contribution in [-0.4, -0.2) is 33.1 Å². The summed E-state index contributed by atoms with van der Waals surface area (Å²) in [4.78, 5) is 10.1. The molecular formula is C13H26O4. The Hall–Kier alpha value is -0.450. The molecule has 4 nitrogen and oxygen atoms in total. The minimum absolute atomic E-state index is 0.201. The maximum atomic E-state index is 10.1. The third-order valence-electron chi connectivity index (χ3n) is 2.58. The maximum absolute atomic E-state index is 10.1. The van der Waals surface area contributed by atoms with Gasteiger partial charge in [0.2, 0.25) is 0 Å². The summed E-state index contributed by atoms with van der Waals surface area (Å²) in [6.07, 6.45) is 8.37. The second kappa shape index (κ2) is 13.6. The van der Waals surface area contributed by atoms with Crippen LogP contribution >= 0.6 is 0 Å². The van der Waals surface area contributed by atoms with Gasteiger partial charge in [-0.2, -0.15) is 0 Å². The third-order valence-corrected chi connectivity index (χ3v) is 2.58. The molecule has 0 aromatic heterocycles. The summed E-state index contributed by atoms with van der Waals surface area (Å²) in [7, 11) is 1.61. The van der Waals surface area contributed by atoms with Crippen LogP contribution in [0, 0.1) is 0 Å². The highest BCUT2D eigenvalue weighted by Gasteiger charge is 1.97. The van der Waals surface area contributed by atoms with Crippen molar-refractivity contribution < 1.29 is 19.0 Å². The van der Waals surface area contributed by atoms with Gasteiger partial charge in [-0.1, -0.05) is 25.7 Å². The van der Waals surface area contributed by atoms with E-state index in [1.807, 2.05) is 6.92 Å². The molecule has 0 saturated carbocycles. The molecule has 0 aromatic carbocycles. The SMILES string of the molecule is COC(C)OCOCCCCCCCCC=O. The topological polar surface area (TPSA) is 44.8 Å². The number of ether oxygens (including phenoxy) is 3. The molecule has 0 rings (SSSR count). The first kappa shape index (κ1) is 16.6. The van der Waals surface area contributed by atoms with E-state index >= 15 is 0 Å². The Morgan fingerprint density at radius 1 is 1.06 bits per heavy atom. The lowest BCUT2D eigenvalue weighted by atomic mass is 10.1. The summed E-state index contributed by atoms with van der Waals surface area (Å²) in [5.41, 5.74) is 0. The fourth-order valence-electron chi connectivity index (χ4n) is 1.41. The van der Waals surface area contributed by atoms with Gasteiger partial charge in [0.05, 0.1) is 0 Å². The Balaban J connectivity index is 2.96. The number of rotatable bonds is 13. The van der Waals surface area contributed by atoms with E-state index in [9.17, 15) is 4.79 Å². The Kier molecular flexibility index (Phi) is 13.3. The number of hydrogen-bond acceptors (Lipinski definition) is 4. The van der Waals surface area contributed by atoms with Crippen molar-refractivity contribution in [2.75, 3.05) is 20.5 Å². The highest BCUT2D eigenvalue weighted by molar-refractivity contribution is 5.48. The maximum Gasteiger partial charge on any atom is 0.157 e. The number of carbonyl (C=O) groups excluding carboxylic acids is 1. The van der Waals surface area contributed by atoms with E-state index in [1.54, 1.807) is 7.11 Å². The van der Waals surface area contributed by atoms with Crippen molar-refractivity contribution in [1.29, 1.82) is 0 Å². The number of aldehydes is 1. The first-order valence-corrected chi connectivity index (χ1v) is 6.47. The fourth-order valence-corrected chi connectivity index (χ4v) is 1.41. The molecule has 1 atom stereocenters. The van der Waals surface area contributed by atoms with Crippen LogP contribution in [0.3, 0.4) is 0 Å². The van der Waals surface area contributed by atoms with Gasteiger partial charge in [-0.25, -0.2) is 0 Å². The number of methoxy groups -OCH3 is 1. The summed E-state index contributed by atoms with van der Waals surface area (Å²) < 4.78 is 15.4. The average molecular weight is 246 g/mol. The standard InChI is InChI=1S/C13H26O4/c1-13(15-2)17-12-16-11-9-7-5-3-4-6-8-10-14/h10,13H,3-9,11-12H2,1-2H3. The van der Waals surface area contributed by atoms with Crippen LogP contribution in [0.15, 0.2) is 0 Å². The highest BCUT2D eigenvalue weighted by atomic mass is 16.7. The van der Waals surface area contributed by atoms with Crippen molar-refractivity contribution in [2.24, 2.45) is 0 Å². The molecule has 1 unspecified atom stereocenters. The van der Waals surface area contributed by atoms with E-state index in [0.29, 0.717) is 13.2 Å². The van der Waals surface area contributed by atoms with Gasteiger partial charge in [-0.15, -0.1) is 0 Å². The van der Waals surface area contributed by atoms with E-state index in [2.05, 4.69) is 0 Å². The Morgan fingerprint density at radius 3 is 2.35 bits per heavy atom. The highest BCUT2D eigenvalue weighted by Crippen LogP contribution is 2.06. The Morgan fingerprint density at radius 2 is 1.71 bits per heavy atom. The van der Waals surface area contributed by atoms with Crippen LogP contribution in [0.5, 0.6) is 0 Å². The van der Waals surface area contributed by atoms with Gasteiger partial charge < -0.3 is 19.0 Å². The van der Waals surface area contributed by atoms with Crippen molar-refractivity contribution in [3.05, 3.63) is 0 Å². The molecule has 0 radical (unpaired) electrons. The van der Waals surface area contributed by atoms with Crippen LogP contribution < -0.4 is 0 Å². The normalized spacial score (nSPS) is 12.6. The van der Waals surface area contributed by atoms with Crippen molar-refractivity contribution >= 4 is 6.29 Å². The summed E-state index contributed by atoms with van der Waals surface area (Å²) in [6.45, 7) is 2.88. The van der Waals surface area contributed by atoms with Crippen LogP contribution in [-0.2, 0) is 19.0 Å². The molecule has 0 heterocycles. The average Bonchev–Trinajstić information content (AvgIpc) is 2.35. The minimum atomic E-state index is -0.201. The lowest BCUT2D eigenvalue weighted by molar-refractivity contribution is -0.174. The van der Waals surface area contributed by atoms with Crippen molar-refractivity contribution in [2.45, 2.75) is 58.2 Å². The van der Waals surface area contributed by atoms with Gasteiger partial charge in [0.25, 0.3) is 0 Å². The summed E-state index contributed by atoms with van der Waals surface area (Å²) in [5.74, 6) is 0. The molecule has 0 aliphatic carbocycles. The molecule has 0 aliphatic rings. The molecule has 4 heteroatoms. The molecule has 0 N–H and O–H groups in total. The molecular weight excluding hydrogens is 220 g/mol. The predicted molar refractivity (Wildman–Crippen MR) is 66.8 cm³/mol. The van der Waals surface area contributed by atoms with Crippen LogP contribution in [0.1, 0.15) is 51.9 Å². The van der Waals surface area contributed by atoms with Crippen molar-refractivity contribution in [3.63, 3.8) is 0 Å². The smallest absolute Gasteiger partial charge is 0.157 e. The molecule has 0 bridgehead atoms. The third kappa shape index (κ3) is 13.5. The van der Waals surface area contributed by atoms with Crippen LogP contribution in [0.4, 0.5) is 0 Å². The van der Waals surface area contributed by atoms with E-state index in [-0.39, 0.29) is 6.29 Å². The van der Waals surface area contributed by atoms with E-state index < -0.39 is 0 Å². The van der Waals surface area contributed by atoms with Gasteiger partial charge >= 0.3 is 0 Å². The number of carbonyl (C=O) groups is 1. The first-order chi connectivity index (χ1) is 8.31. The lowest BCUT2D eigenvalue weighted by Gasteiger charge is -2.10. The predicted octanol–water partition coefficient (Wildman–Crippen LogP) is 2.90. The zero-order chi connectivity index (χ0) is 12.8. The molecule has 0 spiro atoms. The van der Waals surface area contributed by atoms with E-state index in [0.717, 1.165) is 32.2 Å². The van der Waals surface area contributed by atoms with Gasteiger partial charge in [0.1, 0.15) is 13.1 Å². The summed E-state index contributed by atoms with van der Waals surface area (Å²) in [6, 6.07) is 0. The molecule has 17 heavy (non-hydrogen) atoms. The molecule has 0 fully saturated rings. The quantitative estimate of drug-likeness (QED) is 0.285. The van der Waals surface area contributed by atoms with Crippen molar-refractivity contribution in [1.82, 2.24) is 0 Å². The lowest BCUT2D eigenvalue weighted by Crippen LogP contribution is -2.13. The molecule has 0 amide bonds. The fraction of sp³-hybridized carbons (Fsp3) is 0.923. The second-order valence-electron chi connectivity index (χ2n) is 4.07. The number of hydrogen-bond donors (Lipinski definition) is 0. The van der Waals surface area contributed by atoms with Crippen LogP contribution in [0.25, 0.3) is 0 Å². The second-order valence-corrected chi connectivity index (χ2v) is 4.07. The molecule has 102 valence electrons. The Labute approximate surface area is 105 Å². The van der Waals surface area contributed by atoms with Gasteiger partial charge in [0, 0.05) is 20.1 Å². The Bertz CT molecular complexity index is 161. The van der Waals surface area contributed by atoms with Gasteiger partial charge in [0.15, 0.2) is 6.29 Å². The van der Waals surface area contributed by atoms with Crippen LogP contribution in [0.2, 0.25) is 0 Å². The molecule has 0 aliphatic heterocycles. The summed E-state index contributed by atoms with van der Waals surface area (Å²) >= 11 is 0. The first-order valence-electron chi connectivity index (χ1n) is 6.47. The zero-order valence-corrected chi connectivity index (χ0v) is 11.2.